The van der Waals surface area contributed by atoms with E-state index in [0.29, 0.717) is 24.5 Å². The van der Waals surface area contributed by atoms with Gasteiger partial charge in [-0.05, 0) is 55.2 Å². The second-order valence-electron chi connectivity index (χ2n) is 8.08. The molecular formula is C24H29FN4O4. The fraction of sp³-hybridized carbons (Fsp3) is 0.417. The van der Waals surface area contributed by atoms with E-state index in [2.05, 4.69) is 15.6 Å². The molecule has 2 aromatic rings. The minimum absolute atomic E-state index is 0.00544. The summed E-state index contributed by atoms with van der Waals surface area (Å²) in [6, 6.07) is 9.29. The topological polar surface area (TPSA) is 101 Å². The Morgan fingerprint density at radius 1 is 1.15 bits per heavy atom. The summed E-state index contributed by atoms with van der Waals surface area (Å²) in [6.07, 6.45) is 3.33. The molecule has 0 unspecified atom stereocenters. The fourth-order valence-electron chi connectivity index (χ4n) is 3.49. The highest BCUT2D eigenvalue weighted by atomic mass is 19.1. The SMILES string of the molecule is Cc1ccnc(NC(=O)CCC(=O)N(CC(=O)NC[C@H]2CCCO2)Cc2ccc(F)cc2)c1. The normalized spacial score (nSPS) is 15.2. The van der Waals surface area contributed by atoms with Crippen LogP contribution in [0.5, 0.6) is 0 Å². The van der Waals surface area contributed by atoms with E-state index in [1.54, 1.807) is 24.4 Å². The molecule has 1 aliphatic heterocycles. The van der Waals surface area contributed by atoms with Crippen molar-refractivity contribution in [2.75, 3.05) is 25.0 Å². The highest BCUT2D eigenvalue weighted by Crippen LogP contribution is 2.12. The van der Waals surface area contributed by atoms with Gasteiger partial charge in [0.1, 0.15) is 11.6 Å². The first-order chi connectivity index (χ1) is 15.9. The summed E-state index contributed by atoms with van der Waals surface area (Å²) in [5.74, 6) is -0.962. The van der Waals surface area contributed by atoms with E-state index in [-0.39, 0.29) is 55.6 Å². The Morgan fingerprint density at radius 2 is 1.94 bits per heavy atom. The van der Waals surface area contributed by atoms with E-state index in [9.17, 15) is 18.8 Å². The third-order valence-electron chi connectivity index (χ3n) is 5.27. The average molecular weight is 457 g/mol. The largest absolute Gasteiger partial charge is 0.376 e. The van der Waals surface area contributed by atoms with Gasteiger partial charge >= 0.3 is 0 Å². The predicted octanol–water partition coefficient (Wildman–Crippen LogP) is 2.57. The lowest BCUT2D eigenvalue weighted by molar-refractivity contribution is -0.137. The molecule has 33 heavy (non-hydrogen) atoms. The molecule has 8 nitrogen and oxygen atoms in total. The molecule has 0 radical (unpaired) electrons. The zero-order valence-electron chi connectivity index (χ0n) is 18.7. The average Bonchev–Trinajstić information content (AvgIpc) is 3.31. The van der Waals surface area contributed by atoms with Gasteiger partial charge in [0, 0.05) is 38.7 Å². The van der Waals surface area contributed by atoms with E-state index < -0.39 is 0 Å². The molecule has 3 amide bonds. The van der Waals surface area contributed by atoms with Gasteiger partial charge in [-0.2, -0.15) is 0 Å². The van der Waals surface area contributed by atoms with Gasteiger partial charge in [-0.15, -0.1) is 0 Å². The monoisotopic (exact) mass is 456 g/mol. The minimum atomic E-state index is -0.382. The maximum Gasteiger partial charge on any atom is 0.239 e. The van der Waals surface area contributed by atoms with Gasteiger partial charge < -0.3 is 20.3 Å². The standard InChI is InChI=1S/C24H29FN4O4/c1-17-10-11-26-21(13-17)28-22(30)8-9-24(32)29(15-18-4-6-19(25)7-5-18)16-23(31)27-14-20-3-2-12-33-20/h4-7,10-11,13,20H,2-3,8-9,12,14-16H2,1H3,(H,27,31)(H,26,28,30)/t20-/m1/s1. The van der Waals surface area contributed by atoms with Gasteiger partial charge in [0.25, 0.3) is 0 Å². The molecule has 2 heterocycles. The molecule has 0 bridgehead atoms. The van der Waals surface area contributed by atoms with E-state index in [1.165, 1.54) is 17.0 Å². The molecule has 3 rings (SSSR count). The zero-order valence-corrected chi connectivity index (χ0v) is 18.7. The van der Waals surface area contributed by atoms with Crippen molar-refractivity contribution in [3.63, 3.8) is 0 Å². The molecule has 1 fully saturated rings. The van der Waals surface area contributed by atoms with Crippen LogP contribution in [0, 0.1) is 12.7 Å². The second kappa shape index (κ2) is 12.1. The zero-order chi connectivity index (χ0) is 23.6. The third kappa shape index (κ3) is 8.27. The molecule has 0 saturated carbocycles. The Kier molecular flexibility index (Phi) is 8.88. The summed E-state index contributed by atoms with van der Waals surface area (Å²) in [6.45, 7) is 2.94. The van der Waals surface area contributed by atoms with Crippen LogP contribution < -0.4 is 10.6 Å². The van der Waals surface area contributed by atoms with E-state index in [0.717, 1.165) is 18.4 Å². The smallest absolute Gasteiger partial charge is 0.239 e. The number of aromatic nitrogens is 1. The summed E-state index contributed by atoms with van der Waals surface area (Å²) in [7, 11) is 0. The molecule has 9 heteroatoms. The molecule has 1 aromatic carbocycles. The lowest BCUT2D eigenvalue weighted by Gasteiger charge is -2.23. The first-order valence-corrected chi connectivity index (χ1v) is 11.0. The number of amides is 3. The summed E-state index contributed by atoms with van der Waals surface area (Å²) >= 11 is 0. The molecular weight excluding hydrogens is 427 g/mol. The lowest BCUT2D eigenvalue weighted by atomic mass is 10.2. The van der Waals surface area contributed by atoms with Crippen LogP contribution in [0.3, 0.4) is 0 Å². The summed E-state index contributed by atoms with van der Waals surface area (Å²) in [5.41, 5.74) is 1.64. The molecule has 1 aliphatic rings. The second-order valence-corrected chi connectivity index (χ2v) is 8.08. The van der Waals surface area contributed by atoms with Crippen molar-refractivity contribution in [3.8, 4) is 0 Å². The van der Waals surface area contributed by atoms with Crippen LogP contribution >= 0.6 is 0 Å². The lowest BCUT2D eigenvalue weighted by Crippen LogP contribution is -2.42. The number of anilines is 1. The number of hydrogen-bond acceptors (Lipinski definition) is 5. The van der Waals surface area contributed by atoms with Gasteiger partial charge in [-0.1, -0.05) is 12.1 Å². The van der Waals surface area contributed by atoms with Crippen molar-refractivity contribution in [1.29, 1.82) is 0 Å². The van der Waals surface area contributed by atoms with Gasteiger partial charge in [0.15, 0.2) is 0 Å². The number of aryl methyl sites for hydroxylation is 1. The maximum absolute atomic E-state index is 13.2. The predicted molar refractivity (Wildman–Crippen MR) is 121 cm³/mol. The van der Waals surface area contributed by atoms with Crippen LogP contribution in [0.4, 0.5) is 10.2 Å². The van der Waals surface area contributed by atoms with E-state index in [1.807, 2.05) is 13.0 Å². The number of carbonyl (C=O) groups is 3. The Hall–Kier alpha value is -3.33. The van der Waals surface area contributed by atoms with Gasteiger partial charge in [-0.3, -0.25) is 14.4 Å². The molecule has 176 valence electrons. The van der Waals surface area contributed by atoms with Gasteiger partial charge in [0.05, 0.1) is 12.6 Å². The van der Waals surface area contributed by atoms with Crippen molar-refractivity contribution in [2.45, 2.75) is 45.3 Å². The van der Waals surface area contributed by atoms with Crippen LogP contribution in [0.1, 0.15) is 36.8 Å². The highest BCUT2D eigenvalue weighted by Gasteiger charge is 2.21. The van der Waals surface area contributed by atoms with Crippen molar-refractivity contribution in [2.24, 2.45) is 0 Å². The van der Waals surface area contributed by atoms with E-state index in [4.69, 9.17) is 4.74 Å². The van der Waals surface area contributed by atoms with Gasteiger partial charge in [0.2, 0.25) is 17.7 Å². The molecule has 0 spiro atoms. The first-order valence-electron chi connectivity index (χ1n) is 11.0. The fourth-order valence-corrected chi connectivity index (χ4v) is 3.49. The van der Waals surface area contributed by atoms with E-state index >= 15 is 0 Å². The number of pyridine rings is 1. The number of carbonyl (C=O) groups excluding carboxylic acids is 3. The van der Waals surface area contributed by atoms with Crippen LogP contribution in [0.2, 0.25) is 0 Å². The Labute approximate surface area is 192 Å². The molecule has 1 atom stereocenters. The maximum atomic E-state index is 13.2. The summed E-state index contributed by atoms with van der Waals surface area (Å²) < 4.78 is 18.8. The number of rotatable bonds is 10. The van der Waals surface area contributed by atoms with Crippen molar-refractivity contribution < 1.29 is 23.5 Å². The van der Waals surface area contributed by atoms with Crippen LogP contribution in [-0.4, -0.2) is 53.4 Å². The highest BCUT2D eigenvalue weighted by molar-refractivity contribution is 5.93. The number of benzene rings is 1. The third-order valence-corrected chi connectivity index (χ3v) is 5.27. The van der Waals surface area contributed by atoms with Crippen LogP contribution in [0.25, 0.3) is 0 Å². The molecule has 0 aliphatic carbocycles. The number of hydrogen-bond donors (Lipinski definition) is 2. The van der Waals surface area contributed by atoms with Crippen molar-refractivity contribution in [1.82, 2.24) is 15.2 Å². The number of ether oxygens (including phenoxy) is 1. The Morgan fingerprint density at radius 3 is 2.64 bits per heavy atom. The minimum Gasteiger partial charge on any atom is -0.376 e. The number of nitrogens with one attached hydrogen (secondary N) is 2. The molecule has 1 saturated heterocycles. The Balaban J connectivity index is 1.56. The number of halogens is 1. The van der Waals surface area contributed by atoms with Crippen molar-refractivity contribution >= 4 is 23.5 Å². The quantitative estimate of drug-likeness (QED) is 0.572. The van der Waals surface area contributed by atoms with Crippen molar-refractivity contribution in [3.05, 3.63) is 59.5 Å². The van der Waals surface area contributed by atoms with Crippen LogP contribution in [0.15, 0.2) is 42.6 Å². The number of nitrogens with zero attached hydrogens (tertiary/aromatic N) is 2. The van der Waals surface area contributed by atoms with Gasteiger partial charge in [-0.25, -0.2) is 9.37 Å². The molecule has 1 aromatic heterocycles. The Bertz CT molecular complexity index is 961. The summed E-state index contributed by atoms with van der Waals surface area (Å²) in [4.78, 5) is 43.0. The van der Waals surface area contributed by atoms with Crippen LogP contribution in [-0.2, 0) is 25.7 Å². The molecule has 2 N–H and O–H groups in total. The first kappa shape index (κ1) is 24.3. The summed E-state index contributed by atoms with van der Waals surface area (Å²) in [5, 5.41) is 5.47.